The molecule has 1 aliphatic rings. The molecule has 17 heavy (non-hydrogen) atoms. The average Bonchev–Trinajstić information content (AvgIpc) is 2.36. The van der Waals surface area contributed by atoms with Gasteiger partial charge in [-0.2, -0.15) is 0 Å². The minimum absolute atomic E-state index is 0.736. The van der Waals surface area contributed by atoms with E-state index in [2.05, 4.69) is 48.3 Å². The largest absolute Gasteiger partial charge is 0.317 e. The highest BCUT2D eigenvalue weighted by molar-refractivity contribution is 5.28. The Morgan fingerprint density at radius 1 is 1.29 bits per heavy atom. The quantitative estimate of drug-likeness (QED) is 0.838. The average molecular weight is 232 g/mol. The Kier molecular flexibility index (Phi) is 4.57. The number of hydrogen-bond donors (Lipinski definition) is 1. The van der Waals surface area contributed by atoms with Gasteiger partial charge in [0.05, 0.1) is 0 Å². The van der Waals surface area contributed by atoms with Crippen molar-refractivity contribution in [3.05, 3.63) is 35.4 Å². The first-order valence-electron chi connectivity index (χ1n) is 6.79. The molecule has 94 valence electrons. The number of benzene rings is 1. The molecule has 1 atom stereocenters. The van der Waals surface area contributed by atoms with E-state index >= 15 is 0 Å². The lowest BCUT2D eigenvalue weighted by Crippen LogP contribution is -2.36. The van der Waals surface area contributed by atoms with E-state index in [4.69, 9.17) is 0 Å². The maximum Gasteiger partial charge on any atom is 0.0236 e. The van der Waals surface area contributed by atoms with Gasteiger partial charge in [0.1, 0.15) is 0 Å². The summed E-state index contributed by atoms with van der Waals surface area (Å²) in [5.74, 6) is 0.736. The van der Waals surface area contributed by atoms with Crippen molar-refractivity contribution in [1.29, 1.82) is 0 Å². The van der Waals surface area contributed by atoms with E-state index in [9.17, 15) is 0 Å². The van der Waals surface area contributed by atoms with E-state index in [-0.39, 0.29) is 0 Å². The molecule has 0 radical (unpaired) electrons. The molecule has 0 aliphatic carbocycles. The Morgan fingerprint density at radius 3 is 2.82 bits per heavy atom. The SMILES string of the molecule is CCNCC(C)CN1CCc2ccccc2C1. The highest BCUT2D eigenvalue weighted by Gasteiger charge is 2.17. The minimum atomic E-state index is 0.736. The van der Waals surface area contributed by atoms with E-state index in [1.165, 1.54) is 25.1 Å². The summed E-state index contributed by atoms with van der Waals surface area (Å²) in [6, 6.07) is 8.86. The summed E-state index contributed by atoms with van der Waals surface area (Å²) in [7, 11) is 0. The van der Waals surface area contributed by atoms with E-state index in [1.54, 1.807) is 5.56 Å². The molecule has 2 rings (SSSR count). The molecule has 2 heteroatoms. The van der Waals surface area contributed by atoms with Crippen molar-refractivity contribution >= 4 is 0 Å². The number of rotatable bonds is 5. The van der Waals surface area contributed by atoms with E-state index in [0.29, 0.717) is 0 Å². The lowest BCUT2D eigenvalue weighted by molar-refractivity contribution is 0.218. The van der Waals surface area contributed by atoms with Crippen molar-refractivity contribution in [2.75, 3.05) is 26.2 Å². The molecule has 1 heterocycles. The van der Waals surface area contributed by atoms with Gasteiger partial charge < -0.3 is 5.32 Å². The topological polar surface area (TPSA) is 15.3 Å². The molecule has 0 saturated heterocycles. The van der Waals surface area contributed by atoms with Crippen LogP contribution < -0.4 is 5.32 Å². The van der Waals surface area contributed by atoms with Crippen molar-refractivity contribution in [3.8, 4) is 0 Å². The fourth-order valence-electron chi connectivity index (χ4n) is 2.61. The van der Waals surface area contributed by atoms with Gasteiger partial charge in [0, 0.05) is 19.6 Å². The first kappa shape index (κ1) is 12.6. The maximum absolute atomic E-state index is 3.43. The van der Waals surface area contributed by atoms with Crippen LogP contribution in [0.25, 0.3) is 0 Å². The Bertz CT molecular complexity index is 349. The van der Waals surface area contributed by atoms with Crippen molar-refractivity contribution in [1.82, 2.24) is 10.2 Å². The van der Waals surface area contributed by atoms with Crippen molar-refractivity contribution in [2.24, 2.45) is 5.92 Å². The monoisotopic (exact) mass is 232 g/mol. The van der Waals surface area contributed by atoms with Crippen LogP contribution in [-0.4, -0.2) is 31.1 Å². The molecule has 1 aliphatic heterocycles. The van der Waals surface area contributed by atoms with Gasteiger partial charge in [0.25, 0.3) is 0 Å². The molecule has 2 nitrogen and oxygen atoms in total. The summed E-state index contributed by atoms with van der Waals surface area (Å²) in [6.07, 6.45) is 1.21. The second-order valence-corrected chi connectivity index (χ2v) is 5.17. The maximum atomic E-state index is 3.43. The van der Waals surface area contributed by atoms with Gasteiger partial charge in [-0.05, 0) is 36.6 Å². The van der Waals surface area contributed by atoms with Crippen LogP contribution in [0.5, 0.6) is 0 Å². The summed E-state index contributed by atoms with van der Waals surface area (Å²) in [4.78, 5) is 2.59. The normalized spacial score (nSPS) is 17.8. The summed E-state index contributed by atoms with van der Waals surface area (Å²) in [5.41, 5.74) is 3.07. The van der Waals surface area contributed by atoms with Crippen LogP contribution >= 0.6 is 0 Å². The first-order valence-corrected chi connectivity index (χ1v) is 6.79. The van der Waals surface area contributed by atoms with E-state index in [0.717, 1.165) is 25.6 Å². The van der Waals surface area contributed by atoms with Crippen LogP contribution in [0.15, 0.2) is 24.3 Å². The molecule has 1 aromatic rings. The Morgan fingerprint density at radius 2 is 2.06 bits per heavy atom. The highest BCUT2D eigenvalue weighted by Crippen LogP contribution is 2.19. The summed E-state index contributed by atoms with van der Waals surface area (Å²) >= 11 is 0. The predicted molar refractivity (Wildman–Crippen MR) is 73.1 cm³/mol. The lowest BCUT2D eigenvalue weighted by Gasteiger charge is -2.30. The molecule has 1 aromatic carbocycles. The molecule has 0 amide bonds. The Hall–Kier alpha value is -0.860. The predicted octanol–water partition coefficient (Wildman–Crippen LogP) is 2.29. The number of nitrogens with one attached hydrogen (secondary N) is 1. The standard InChI is InChI=1S/C15H24N2/c1-3-16-10-13(2)11-17-9-8-14-6-4-5-7-15(14)12-17/h4-7,13,16H,3,8-12H2,1-2H3. The fraction of sp³-hybridized carbons (Fsp3) is 0.600. The zero-order valence-corrected chi connectivity index (χ0v) is 11.1. The van der Waals surface area contributed by atoms with Crippen LogP contribution in [0, 0.1) is 5.92 Å². The molecule has 1 unspecified atom stereocenters. The van der Waals surface area contributed by atoms with Crippen molar-refractivity contribution in [3.63, 3.8) is 0 Å². The number of fused-ring (bicyclic) bond motifs is 1. The van der Waals surface area contributed by atoms with Gasteiger partial charge >= 0.3 is 0 Å². The third-order valence-corrected chi connectivity index (χ3v) is 3.52. The molecule has 0 fully saturated rings. The van der Waals surface area contributed by atoms with Crippen molar-refractivity contribution in [2.45, 2.75) is 26.8 Å². The highest BCUT2D eigenvalue weighted by atomic mass is 15.1. The van der Waals surface area contributed by atoms with Gasteiger partial charge in [-0.1, -0.05) is 38.1 Å². The van der Waals surface area contributed by atoms with Gasteiger partial charge in [0.15, 0.2) is 0 Å². The molecular formula is C15H24N2. The zero-order valence-electron chi connectivity index (χ0n) is 11.1. The second kappa shape index (κ2) is 6.18. The van der Waals surface area contributed by atoms with Crippen LogP contribution in [-0.2, 0) is 13.0 Å². The first-order chi connectivity index (χ1) is 8.29. The smallest absolute Gasteiger partial charge is 0.0236 e. The molecule has 0 spiro atoms. The molecular weight excluding hydrogens is 208 g/mol. The molecule has 1 N–H and O–H groups in total. The van der Waals surface area contributed by atoms with Gasteiger partial charge in [-0.15, -0.1) is 0 Å². The van der Waals surface area contributed by atoms with E-state index in [1.807, 2.05) is 0 Å². The molecule has 0 aromatic heterocycles. The van der Waals surface area contributed by atoms with Crippen molar-refractivity contribution < 1.29 is 0 Å². The third-order valence-electron chi connectivity index (χ3n) is 3.52. The van der Waals surface area contributed by atoms with Gasteiger partial charge in [-0.25, -0.2) is 0 Å². The molecule has 0 bridgehead atoms. The summed E-state index contributed by atoms with van der Waals surface area (Å²) in [5, 5.41) is 3.43. The van der Waals surface area contributed by atoms with Crippen LogP contribution in [0.4, 0.5) is 0 Å². The van der Waals surface area contributed by atoms with Crippen LogP contribution in [0.3, 0.4) is 0 Å². The van der Waals surface area contributed by atoms with Gasteiger partial charge in [-0.3, -0.25) is 4.90 Å². The zero-order chi connectivity index (χ0) is 12.1. The summed E-state index contributed by atoms with van der Waals surface area (Å²) in [6.45, 7) is 10.3. The Balaban J connectivity index is 1.85. The second-order valence-electron chi connectivity index (χ2n) is 5.17. The summed E-state index contributed by atoms with van der Waals surface area (Å²) < 4.78 is 0. The Labute approximate surface area is 105 Å². The lowest BCUT2D eigenvalue weighted by atomic mass is 9.99. The molecule has 0 saturated carbocycles. The van der Waals surface area contributed by atoms with E-state index < -0.39 is 0 Å². The number of nitrogens with zero attached hydrogens (tertiary/aromatic N) is 1. The van der Waals surface area contributed by atoms with Crippen LogP contribution in [0.1, 0.15) is 25.0 Å². The van der Waals surface area contributed by atoms with Gasteiger partial charge in [0.2, 0.25) is 0 Å². The number of hydrogen-bond acceptors (Lipinski definition) is 2. The minimum Gasteiger partial charge on any atom is -0.317 e. The van der Waals surface area contributed by atoms with Crippen LogP contribution in [0.2, 0.25) is 0 Å². The third kappa shape index (κ3) is 3.55. The fourth-order valence-corrected chi connectivity index (χ4v) is 2.61.